The first-order valence-corrected chi connectivity index (χ1v) is 9.13. The summed E-state index contributed by atoms with van der Waals surface area (Å²) in [6.45, 7) is 0.686. The maximum absolute atomic E-state index is 12.3. The molecule has 0 spiro atoms. The summed E-state index contributed by atoms with van der Waals surface area (Å²) >= 11 is 6.02. The van der Waals surface area contributed by atoms with Gasteiger partial charge >= 0.3 is 0 Å². The number of rotatable bonds is 4. The van der Waals surface area contributed by atoms with Crippen molar-refractivity contribution in [1.82, 2.24) is 4.31 Å². The first-order chi connectivity index (χ1) is 10.3. The Morgan fingerprint density at radius 2 is 2.18 bits per heavy atom. The van der Waals surface area contributed by atoms with Crippen molar-refractivity contribution in [2.24, 2.45) is 5.92 Å². The number of hydrogen-bond acceptors (Lipinski definition) is 4. The van der Waals surface area contributed by atoms with Gasteiger partial charge in [0.25, 0.3) is 0 Å². The van der Waals surface area contributed by atoms with Crippen molar-refractivity contribution < 1.29 is 17.9 Å². The van der Waals surface area contributed by atoms with E-state index in [2.05, 4.69) is 5.32 Å². The largest absolute Gasteiger partial charge is 0.495 e. The molecule has 0 radical (unpaired) electrons. The lowest BCUT2D eigenvalue weighted by molar-refractivity contribution is -0.120. The Morgan fingerprint density at radius 3 is 2.77 bits per heavy atom. The summed E-state index contributed by atoms with van der Waals surface area (Å²) in [4.78, 5) is 12.3. The zero-order valence-electron chi connectivity index (χ0n) is 12.5. The minimum absolute atomic E-state index is 0.199. The minimum atomic E-state index is -3.27. The second-order valence-corrected chi connectivity index (χ2v) is 7.69. The summed E-state index contributed by atoms with van der Waals surface area (Å²) in [5.74, 6) is -0.0282. The van der Waals surface area contributed by atoms with Gasteiger partial charge in [0.05, 0.1) is 24.3 Å². The number of hydrogen-bond donors (Lipinski definition) is 1. The monoisotopic (exact) mass is 346 g/mol. The molecule has 0 unspecified atom stereocenters. The number of anilines is 1. The molecular formula is C14H19ClN2O4S. The molecule has 0 saturated carbocycles. The molecule has 22 heavy (non-hydrogen) atoms. The molecule has 1 aromatic rings. The molecule has 1 atom stereocenters. The molecule has 1 aliphatic rings. The number of halogens is 1. The fraction of sp³-hybridized carbons (Fsp3) is 0.500. The molecule has 1 saturated heterocycles. The molecule has 1 heterocycles. The van der Waals surface area contributed by atoms with Crippen LogP contribution in [0.2, 0.25) is 5.02 Å². The van der Waals surface area contributed by atoms with Gasteiger partial charge in [-0.25, -0.2) is 12.7 Å². The van der Waals surface area contributed by atoms with Gasteiger partial charge in [-0.3, -0.25) is 4.79 Å². The average Bonchev–Trinajstić information content (AvgIpc) is 2.46. The molecule has 1 amide bonds. The smallest absolute Gasteiger partial charge is 0.228 e. The van der Waals surface area contributed by atoms with E-state index in [9.17, 15) is 13.2 Å². The van der Waals surface area contributed by atoms with E-state index in [0.717, 1.165) is 6.26 Å². The van der Waals surface area contributed by atoms with Crippen LogP contribution in [0.1, 0.15) is 12.8 Å². The molecule has 8 heteroatoms. The highest BCUT2D eigenvalue weighted by atomic mass is 35.5. The lowest BCUT2D eigenvalue weighted by atomic mass is 9.99. The number of benzene rings is 1. The van der Waals surface area contributed by atoms with Gasteiger partial charge in [0.1, 0.15) is 5.75 Å². The van der Waals surface area contributed by atoms with E-state index in [-0.39, 0.29) is 18.4 Å². The van der Waals surface area contributed by atoms with Gasteiger partial charge in [-0.1, -0.05) is 11.6 Å². The standard InChI is InChI=1S/C14H19ClN2O4S/c1-21-13-6-5-11(8-12(13)15)16-14(18)10-4-3-7-17(9-10)22(2,19)20/h5-6,8,10H,3-4,7,9H2,1-2H3,(H,16,18)/t10-/m1/s1. The van der Waals surface area contributed by atoms with E-state index in [4.69, 9.17) is 16.3 Å². The zero-order chi connectivity index (χ0) is 16.3. The molecule has 0 bridgehead atoms. The van der Waals surface area contributed by atoms with Crippen LogP contribution in [0, 0.1) is 5.92 Å². The van der Waals surface area contributed by atoms with Crippen LogP contribution in [-0.4, -0.2) is 45.1 Å². The van der Waals surface area contributed by atoms with E-state index in [1.807, 2.05) is 0 Å². The van der Waals surface area contributed by atoms with Gasteiger partial charge in [0, 0.05) is 18.8 Å². The fourth-order valence-electron chi connectivity index (χ4n) is 2.45. The van der Waals surface area contributed by atoms with Crippen LogP contribution < -0.4 is 10.1 Å². The van der Waals surface area contributed by atoms with Crippen LogP contribution in [-0.2, 0) is 14.8 Å². The second kappa shape index (κ2) is 6.85. The maximum Gasteiger partial charge on any atom is 0.228 e. The molecule has 0 aliphatic carbocycles. The topological polar surface area (TPSA) is 75.7 Å². The molecule has 1 N–H and O–H groups in total. The Labute approximate surface area is 135 Å². The van der Waals surface area contributed by atoms with Gasteiger partial charge in [-0.15, -0.1) is 0 Å². The third-order valence-electron chi connectivity index (χ3n) is 3.64. The van der Waals surface area contributed by atoms with Gasteiger partial charge < -0.3 is 10.1 Å². The van der Waals surface area contributed by atoms with Crippen molar-refractivity contribution >= 4 is 33.2 Å². The highest BCUT2D eigenvalue weighted by Gasteiger charge is 2.30. The lowest BCUT2D eigenvalue weighted by Gasteiger charge is -2.30. The number of sulfonamides is 1. The maximum atomic E-state index is 12.3. The normalized spacial score (nSPS) is 19.7. The van der Waals surface area contributed by atoms with E-state index in [0.29, 0.717) is 35.8 Å². The predicted octanol–water partition coefficient (Wildman–Crippen LogP) is 1.96. The summed E-state index contributed by atoms with van der Waals surface area (Å²) in [5, 5.41) is 3.18. The number of nitrogens with one attached hydrogen (secondary N) is 1. The number of amides is 1. The number of carbonyl (C=O) groups excluding carboxylic acids is 1. The van der Waals surface area contributed by atoms with Crippen LogP contribution in [0.25, 0.3) is 0 Å². The van der Waals surface area contributed by atoms with Crippen molar-refractivity contribution in [1.29, 1.82) is 0 Å². The highest BCUT2D eigenvalue weighted by molar-refractivity contribution is 7.88. The SMILES string of the molecule is COc1ccc(NC(=O)[C@@H]2CCCN(S(C)(=O)=O)C2)cc1Cl. The van der Waals surface area contributed by atoms with Gasteiger partial charge in [-0.2, -0.15) is 0 Å². The second-order valence-electron chi connectivity index (χ2n) is 5.30. The van der Waals surface area contributed by atoms with Gasteiger partial charge in [0.2, 0.25) is 15.9 Å². The molecule has 1 aliphatic heterocycles. The van der Waals surface area contributed by atoms with E-state index < -0.39 is 10.0 Å². The highest BCUT2D eigenvalue weighted by Crippen LogP contribution is 2.28. The predicted molar refractivity (Wildman–Crippen MR) is 85.8 cm³/mol. The number of nitrogens with zero attached hydrogens (tertiary/aromatic N) is 1. The molecule has 2 rings (SSSR count). The number of ether oxygens (including phenoxy) is 1. The third-order valence-corrected chi connectivity index (χ3v) is 5.21. The summed E-state index contributed by atoms with van der Waals surface area (Å²) in [6.07, 6.45) is 2.51. The van der Waals surface area contributed by atoms with Crippen molar-refractivity contribution in [3.8, 4) is 5.75 Å². The zero-order valence-corrected chi connectivity index (χ0v) is 14.1. The van der Waals surface area contributed by atoms with Crippen LogP contribution in [0.4, 0.5) is 5.69 Å². The van der Waals surface area contributed by atoms with Crippen LogP contribution in [0.5, 0.6) is 5.75 Å². The Balaban J connectivity index is 2.04. The average molecular weight is 347 g/mol. The number of carbonyl (C=O) groups is 1. The lowest BCUT2D eigenvalue weighted by Crippen LogP contribution is -2.43. The Hall–Kier alpha value is -1.31. The van der Waals surface area contributed by atoms with Crippen LogP contribution in [0.3, 0.4) is 0 Å². The van der Waals surface area contributed by atoms with Gasteiger partial charge in [-0.05, 0) is 31.0 Å². The molecular weight excluding hydrogens is 328 g/mol. The Kier molecular flexibility index (Phi) is 5.31. The summed E-state index contributed by atoms with van der Waals surface area (Å²) in [6, 6.07) is 4.97. The molecule has 122 valence electrons. The summed E-state index contributed by atoms with van der Waals surface area (Å²) in [7, 11) is -1.75. The quantitative estimate of drug-likeness (QED) is 0.904. The van der Waals surface area contributed by atoms with Crippen molar-refractivity contribution in [2.45, 2.75) is 12.8 Å². The van der Waals surface area contributed by atoms with E-state index >= 15 is 0 Å². The Morgan fingerprint density at radius 1 is 1.45 bits per heavy atom. The molecule has 1 aromatic carbocycles. The van der Waals surface area contributed by atoms with Crippen LogP contribution >= 0.6 is 11.6 Å². The molecule has 0 aromatic heterocycles. The fourth-order valence-corrected chi connectivity index (χ4v) is 3.62. The van der Waals surface area contributed by atoms with Crippen molar-refractivity contribution in [3.63, 3.8) is 0 Å². The number of piperidine rings is 1. The van der Waals surface area contributed by atoms with Gasteiger partial charge in [0.15, 0.2) is 0 Å². The first kappa shape index (κ1) is 17.1. The summed E-state index contributed by atoms with van der Waals surface area (Å²) < 4.78 is 29.6. The first-order valence-electron chi connectivity index (χ1n) is 6.91. The molecule has 1 fully saturated rings. The van der Waals surface area contributed by atoms with Crippen molar-refractivity contribution in [3.05, 3.63) is 23.2 Å². The van der Waals surface area contributed by atoms with E-state index in [1.54, 1.807) is 18.2 Å². The van der Waals surface area contributed by atoms with E-state index in [1.165, 1.54) is 11.4 Å². The Bertz CT molecular complexity index is 663. The van der Waals surface area contributed by atoms with Crippen molar-refractivity contribution in [2.75, 3.05) is 31.8 Å². The number of methoxy groups -OCH3 is 1. The summed E-state index contributed by atoms with van der Waals surface area (Å²) in [5.41, 5.74) is 0.562. The minimum Gasteiger partial charge on any atom is -0.495 e. The van der Waals surface area contributed by atoms with Crippen LogP contribution in [0.15, 0.2) is 18.2 Å². The molecule has 6 nitrogen and oxygen atoms in total. The third kappa shape index (κ3) is 4.12.